The molecule has 1 unspecified atom stereocenters. The molecule has 5 nitrogen and oxygen atoms in total. The number of nitrogens with one attached hydrogen (secondary N) is 2. The zero-order valence-corrected chi connectivity index (χ0v) is 15.9. The van der Waals surface area contributed by atoms with Crippen LogP contribution < -0.4 is 10.6 Å². The fourth-order valence-corrected chi connectivity index (χ4v) is 3.83. The van der Waals surface area contributed by atoms with Crippen molar-refractivity contribution in [3.63, 3.8) is 0 Å². The van der Waals surface area contributed by atoms with Gasteiger partial charge in [0.1, 0.15) is 0 Å². The summed E-state index contributed by atoms with van der Waals surface area (Å²) in [5.41, 5.74) is 0.498. The molecule has 2 fully saturated rings. The van der Waals surface area contributed by atoms with E-state index in [4.69, 9.17) is 9.47 Å². The third kappa shape index (κ3) is 6.60. The lowest BCUT2D eigenvalue weighted by Gasteiger charge is -2.43. The van der Waals surface area contributed by atoms with E-state index in [1.807, 2.05) is 7.05 Å². The van der Waals surface area contributed by atoms with E-state index in [-0.39, 0.29) is 0 Å². The van der Waals surface area contributed by atoms with Crippen LogP contribution in [0, 0.1) is 17.3 Å². The summed E-state index contributed by atoms with van der Waals surface area (Å²) in [6.07, 6.45) is 7.56. The average molecular weight is 340 g/mol. The number of nitrogens with zero attached hydrogens (tertiary/aromatic N) is 1. The van der Waals surface area contributed by atoms with Gasteiger partial charge in [-0.25, -0.2) is 0 Å². The Balaban J connectivity index is 1.53. The molecule has 2 N–H and O–H groups in total. The Labute approximate surface area is 148 Å². The van der Waals surface area contributed by atoms with Crippen LogP contribution in [-0.4, -0.2) is 52.5 Å². The normalized spacial score (nSPS) is 23.3. The van der Waals surface area contributed by atoms with Gasteiger partial charge in [-0.15, -0.1) is 0 Å². The molecule has 0 aromatic carbocycles. The summed E-state index contributed by atoms with van der Waals surface area (Å²) in [6, 6.07) is 0. The maximum Gasteiger partial charge on any atom is 0.190 e. The van der Waals surface area contributed by atoms with Crippen LogP contribution in [0.25, 0.3) is 0 Å². The van der Waals surface area contributed by atoms with Gasteiger partial charge in [0.2, 0.25) is 0 Å². The minimum Gasteiger partial charge on any atom is -0.381 e. The molecule has 140 valence electrons. The Morgan fingerprint density at radius 2 is 2.17 bits per heavy atom. The first-order valence-electron chi connectivity index (χ1n) is 9.73. The standard InChI is InChI=1S/C19H37N3O2/c1-16(2)12-19(7-4-8-19)15-22-18(20-3)21-9-5-10-23-13-17-6-11-24-14-17/h16-17H,4-15H2,1-3H3,(H2,20,21,22). The van der Waals surface area contributed by atoms with Crippen LogP contribution in [0.5, 0.6) is 0 Å². The topological polar surface area (TPSA) is 54.9 Å². The molecule has 0 amide bonds. The third-order valence-corrected chi connectivity index (χ3v) is 5.25. The molecule has 2 aliphatic rings. The molecule has 1 heterocycles. The molecule has 0 radical (unpaired) electrons. The van der Waals surface area contributed by atoms with E-state index in [1.54, 1.807) is 0 Å². The Hall–Kier alpha value is -0.810. The van der Waals surface area contributed by atoms with Crippen LogP contribution in [0.4, 0.5) is 0 Å². The quantitative estimate of drug-likeness (QED) is 0.365. The molecule has 0 spiro atoms. The van der Waals surface area contributed by atoms with E-state index in [0.717, 1.165) is 64.2 Å². The predicted molar refractivity (Wildman–Crippen MR) is 99.5 cm³/mol. The minimum atomic E-state index is 0.498. The Bertz CT molecular complexity index is 375. The fraction of sp³-hybridized carbons (Fsp3) is 0.947. The number of ether oxygens (including phenoxy) is 2. The highest BCUT2D eigenvalue weighted by molar-refractivity contribution is 5.79. The zero-order chi connectivity index (χ0) is 17.3. The first-order valence-corrected chi connectivity index (χ1v) is 9.73. The van der Waals surface area contributed by atoms with Gasteiger partial charge in [-0.05, 0) is 43.4 Å². The van der Waals surface area contributed by atoms with E-state index < -0.39 is 0 Å². The lowest BCUT2D eigenvalue weighted by molar-refractivity contribution is 0.0886. The van der Waals surface area contributed by atoms with Crippen LogP contribution in [-0.2, 0) is 9.47 Å². The van der Waals surface area contributed by atoms with Gasteiger partial charge in [-0.2, -0.15) is 0 Å². The van der Waals surface area contributed by atoms with Gasteiger partial charge >= 0.3 is 0 Å². The highest BCUT2D eigenvalue weighted by atomic mass is 16.5. The van der Waals surface area contributed by atoms with Crippen LogP contribution in [0.1, 0.15) is 52.4 Å². The molecule has 5 heteroatoms. The second-order valence-electron chi connectivity index (χ2n) is 7.96. The molecule has 0 bridgehead atoms. The van der Waals surface area contributed by atoms with Crippen molar-refractivity contribution in [2.45, 2.75) is 52.4 Å². The summed E-state index contributed by atoms with van der Waals surface area (Å²) in [7, 11) is 1.85. The number of aliphatic imine (C=N–C) groups is 1. The van der Waals surface area contributed by atoms with Crippen LogP contribution in [0.3, 0.4) is 0 Å². The molecule has 1 aliphatic heterocycles. The van der Waals surface area contributed by atoms with Crippen molar-refractivity contribution in [3.8, 4) is 0 Å². The number of guanidine groups is 1. The number of hydrogen-bond donors (Lipinski definition) is 2. The Morgan fingerprint density at radius 1 is 1.33 bits per heavy atom. The lowest BCUT2D eigenvalue weighted by Crippen LogP contribution is -2.47. The van der Waals surface area contributed by atoms with Crippen molar-refractivity contribution < 1.29 is 9.47 Å². The first kappa shape index (κ1) is 19.5. The highest BCUT2D eigenvalue weighted by Gasteiger charge is 2.37. The number of rotatable bonds is 10. The summed E-state index contributed by atoms with van der Waals surface area (Å²) in [5.74, 6) is 2.30. The average Bonchev–Trinajstić information content (AvgIpc) is 3.03. The van der Waals surface area contributed by atoms with Crippen molar-refractivity contribution in [3.05, 3.63) is 0 Å². The van der Waals surface area contributed by atoms with Gasteiger partial charge in [-0.3, -0.25) is 4.99 Å². The van der Waals surface area contributed by atoms with Crippen molar-refractivity contribution >= 4 is 5.96 Å². The molecule has 1 aliphatic carbocycles. The van der Waals surface area contributed by atoms with Crippen LogP contribution >= 0.6 is 0 Å². The highest BCUT2D eigenvalue weighted by Crippen LogP contribution is 2.45. The predicted octanol–water partition coefficient (Wildman–Crippen LogP) is 2.81. The van der Waals surface area contributed by atoms with E-state index in [1.165, 1.54) is 25.7 Å². The summed E-state index contributed by atoms with van der Waals surface area (Å²) >= 11 is 0. The number of hydrogen-bond acceptors (Lipinski definition) is 3. The summed E-state index contributed by atoms with van der Waals surface area (Å²) in [6.45, 7) is 10.0. The molecule has 0 aromatic heterocycles. The molecule has 0 aromatic rings. The van der Waals surface area contributed by atoms with Gasteiger partial charge in [0.25, 0.3) is 0 Å². The van der Waals surface area contributed by atoms with Crippen molar-refractivity contribution in [2.75, 3.05) is 46.6 Å². The molecule has 24 heavy (non-hydrogen) atoms. The van der Waals surface area contributed by atoms with E-state index in [9.17, 15) is 0 Å². The van der Waals surface area contributed by atoms with Crippen molar-refractivity contribution in [1.29, 1.82) is 0 Å². The largest absolute Gasteiger partial charge is 0.381 e. The van der Waals surface area contributed by atoms with Gasteiger partial charge in [0, 0.05) is 39.3 Å². The molecule has 1 saturated carbocycles. The Kier molecular flexibility index (Phi) is 8.33. The summed E-state index contributed by atoms with van der Waals surface area (Å²) in [5, 5.41) is 6.94. The summed E-state index contributed by atoms with van der Waals surface area (Å²) in [4.78, 5) is 4.35. The van der Waals surface area contributed by atoms with E-state index >= 15 is 0 Å². The molecular formula is C19H37N3O2. The molecule has 2 rings (SSSR count). The second kappa shape index (κ2) is 10.2. The third-order valence-electron chi connectivity index (χ3n) is 5.25. The molecule has 1 saturated heterocycles. The molecular weight excluding hydrogens is 302 g/mol. The van der Waals surface area contributed by atoms with Gasteiger partial charge in [0.15, 0.2) is 5.96 Å². The van der Waals surface area contributed by atoms with E-state index in [0.29, 0.717) is 11.3 Å². The van der Waals surface area contributed by atoms with Gasteiger partial charge in [0.05, 0.1) is 13.2 Å². The van der Waals surface area contributed by atoms with Crippen LogP contribution in [0.2, 0.25) is 0 Å². The maximum absolute atomic E-state index is 5.74. The SMILES string of the molecule is CN=C(NCCCOCC1CCOC1)NCC1(CC(C)C)CCC1. The fourth-order valence-electron chi connectivity index (χ4n) is 3.83. The van der Waals surface area contributed by atoms with Gasteiger partial charge in [-0.1, -0.05) is 20.3 Å². The summed E-state index contributed by atoms with van der Waals surface area (Å²) < 4.78 is 11.1. The van der Waals surface area contributed by atoms with Crippen LogP contribution in [0.15, 0.2) is 4.99 Å². The first-order chi connectivity index (χ1) is 11.6. The van der Waals surface area contributed by atoms with E-state index in [2.05, 4.69) is 29.5 Å². The second-order valence-corrected chi connectivity index (χ2v) is 7.96. The maximum atomic E-state index is 5.74. The molecule has 1 atom stereocenters. The van der Waals surface area contributed by atoms with Crippen molar-refractivity contribution in [1.82, 2.24) is 10.6 Å². The zero-order valence-electron chi connectivity index (χ0n) is 15.9. The lowest BCUT2D eigenvalue weighted by atomic mass is 9.64. The smallest absolute Gasteiger partial charge is 0.190 e. The van der Waals surface area contributed by atoms with Crippen molar-refractivity contribution in [2.24, 2.45) is 22.2 Å². The minimum absolute atomic E-state index is 0.498. The van der Waals surface area contributed by atoms with Gasteiger partial charge < -0.3 is 20.1 Å². The Morgan fingerprint density at radius 3 is 2.75 bits per heavy atom. The monoisotopic (exact) mass is 339 g/mol.